The fourth-order valence-corrected chi connectivity index (χ4v) is 3.65. The number of methoxy groups -OCH3 is 1. The van der Waals surface area contributed by atoms with E-state index >= 15 is 0 Å². The van der Waals surface area contributed by atoms with Gasteiger partial charge in [-0.1, -0.05) is 6.92 Å². The molecule has 0 N–H and O–H groups in total. The van der Waals surface area contributed by atoms with E-state index < -0.39 is 0 Å². The predicted molar refractivity (Wildman–Crippen MR) is 106 cm³/mol. The third kappa shape index (κ3) is 3.84. The fourth-order valence-electron chi connectivity index (χ4n) is 3.65. The summed E-state index contributed by atoms with van der Waals surface area (Å²) in [6, 6.07) is 11.9. The Labute approximate surface area is 159 Å². The lowest BCUT2D eigenvalue weighted by Crippen LogP contribution is -2.39. The Bertz CT molecular complexity index is 891. The van der Waals surface area contributed by atoms with Crippen molar-refractivity contribution in [1.29, 1.82) is 0 Å². The number of anilines is 1. The van der Waals surface area contributed by atoms with Gasteiger partial charge in [-0.3, -0.25) is 0 Å². The third-order valence-corrected chi connectivity index (χ3v) is 5.14. The van der Waals surface area contributed by atoms with Crippen molar-refractivity contribution in [2.24, 2.45) is 5.92 Å². The fraction of sp³-hybridized carbons (Fsp3) is 0.429. The molecule has 4 rings (SSSR count). The molecule has 0 amide bonds. The molecule has 0 spiro atoms. The van der Waals surface area contributed by atoms with E-state index in [9.17, 15) is 0 Å². The Morgan fingerprint density at radius 3 is 2.74 bits per heavy atom. The summed E-state index contributed by atoms with van der Waals surface area (Å²) in [5, 5.41) is 4.47. The van der Waals surface area contributed by atoms with Crippen LogP contribution in [0.15, 0.2) is 42.6 Å². The van der Waals surface area contributed by atoms with Crippen LogP contribution in [0.25, 0.3) is 5.65 Å². The van der Waals surface area contributed by atoms with Crippen molar-refractivity contribution in [3.63, 3.8) is 0 Å². The minimum atomic E-state index is 0.490. The standard InChI is InChI=1S/C21H26N4O2/c1-3-17-13-21(25-20(23-17)10-11-22-25)24-12-4-5-16(14-24)15-27-19-8-6-18(26-2)7-9-19/h6-11,13,16H,3-5,12,14-15H2,1-2H3/t16-/m1/s1. The van der Waals surface area contributed by atoms with Crippen LogP contribution in [0.1, 0.15) is 25.5 Å². The van der Waals surface area contributed by atoms with Crippen LogP contribution in [-0.2, 0) is 6.42 Å². The Morgan fingerprint density at radius 2 is 1.96 bits per heavy atom. The number of piperidine rings is 1. The molecule has 3 aromatic rings. The lowest BCUT2D eigenvalue weighted by atomic mass is 9.99. The molecular formula is C21H26N4O2. The highest BCUT2D eigenvalue weighted by Crippen LogP contribution is 2.25. The van der Waals surface area contributed by atoms with Crippen molar-refractivity contribution in [1.82, 2.24) is 14.6 Å². The van der Waals surface area contributed by atoms with Crippen LogP contribution in [0.5, 0.6) is 11.5 Å². The molecule has 1 atom stereocenters. The van der Waals surface area contributed by atoms with E-state index in [1.54, 1.807) is 7.11 Å². The molecule has 1 aromatic carbocycles. The van der Waals surface area contributed by atoms with Crippen LogP contribution < -0.4 is 14.4 Å². The number of ether oxygens (including phenoxy) is 2. The predicted octanol–water partition coefficient (Wildman–Crippen LogP) is 3.60. The van der Waals surface area contributed by atoms with Gasteiger partial charge < -0.3 is 14.4 Å². The zero-order chi connectivity index (χ0) is 18.6. The molecule has 1 fully saturated rings. The minimum absolute atomic E-state index is 0.490. The number of nitrogens with zero attached hydrogens (tertiary/aromatic N) is 4. The number of hydrogen-bond donors (Lipinski definition) is 0. The summed E-state index contributed by atoms with van der Waals surface area (Å²) in [6.45, 7) is 4.87. The number of aryl methyl sites for hydroxylation is 1. The first kappa shape index (κ1) is 17.6. The van der Waals surface area contributed by atoms with Crippen LogP contribution in [0.4, 0.5) is 5.82 Å². The molecule has 1 saturated heterocycles. The van der Waals surface area contributed by atoms with Gasteiger partial charge in [0.25, 0.3) is 0 Å². The summed E-state index contributed by atoms with van der Waals surface area (Å²) in [6.07, 6.45) is 5.08. The summed E-state index contributed by atoms with van der Waals surface area (Å²) >= 11 is 0. The van der Waals surface area contributed by atoms with E-state index in [-0.39, 0.29) is 0 Å². The Morgan fingerprint density at radius 1 is 1.15 bits per heavy atom. The highest BCUT2D eigenvalue weighted by molar-refractivity contribution is 5.51. The molecule has 142 valence electrons. The molecule has 0 radical (unpaired) electrons. The van der Waals surface area contributed by atoms with E-state index in [1.807, 2.05) is 41.0 Å². The summed E-state index contributed by atoms with van der Waals surface area (Å²) < 4.78 is 13.2. The third-order valence-electron chi connectivity index (χ3n) is 5.14. The molecular weight excluding hydrogens is 340 g/mol. The highest BCUT2D eigenvalue weighted by atomic mass is 16.5. The van der Waals surface area contributed by atoms with E-state index in [1.165, 1.54) is 6.42 Å². The average molecular weight is 366 g/mol. The van der Waals surface area contributed by atoms with Gasteiger partial charge in [0.15, 0.2) is 5.65 Å². The summed E-state index contributed by atoms with van der Waals surface area (Å²) in [4.78, 5) is 7.08. The van der Waals surface area contributed by atoms with Crippen LogP contribution in [0, 0.1) is 5.92 Å². The second-order valence-corrected chi connectivity index (χ2v) is 7.00. The molecule has 2 aromatic heterocycles. The minimum Gasteiger partial charge on any atom is -0.497 e. The van der Waals surface area contributed by atoms with Crippen LogP contribution in [0.2, 0.25) is 0 Å². The maximum atomic E-state index is 6.03. The second-order valence-electron chi connectivity index (χ2n) is 7.00. The van der Waals surface area contributed by atoms with E-state index in [0.29, 0.717) is 5.92 Å². The molecule has 6 heteroatoms. The van der Waals surface area contributed by atoms with Crippen molar-refractivity contribution in [2.75, 3.05) is 31.7 Å². The molecule has 0 bridgehead atoms. The Hall–Kier alpha value is -2.76. The quantitative estimate of drug-likeness (QED) is 0.667. The van der Waals surface area contributed by atoms with Crippen LogP contribution in [0.3, 0.4) is 0 Å². The second kappa shape index (κ2) is 7.86. The maximum Gasteiger partial charge on any atom is 0.157 e. The van der Waals surface area contributed by atoms with E-state index in [0.717, 1.165) is 61.2 Å². The lowest BCUT2D eigenvalue weighted by molar-refractivity contribution is 0.228. The van der Waals surface area contributed by atoms with Crippen molar-refractivity contribution in [2.45, 2.75) is 26.2 Å². The van der Waals surface area contributed by atoms with Gasteiger partial charge >= 0.3 is 0 Å². The van der Waals surface area contributed by atoms with Gasteiger partial charge in [-0.15, -0.1) is 0 Å². The normalized spacial score (nSPS) is 17.3. The van der Waals surface area contributed by atoms with Gasteiger partial charge in [-0.25, -0.2) is 4.98 Å². The smallest absolute Gasteiger partial charge is 0.157 e. The summed E-state index contributed by atoms with van der Waals surface area (Å²) in [5.74, 6) is 3.36. The highest BCUT2D eigenvalue weighted by Gasteiger charge is 2.23. The SMILES string of the molecule is CCc1cc(N2CCC[C@@H](COc3ccc(OC)cc3)C2)n2nccc2n1. The van der Waals surface area contributed by atoms with Gasteiger partial charge in [-0.2, -0.15) is 9.61 Å². The largest absolute Gasteiger partial charge is 0.497 e. The molecule has 6 nitrogen and oxygen atoms in total. The van der Waals surface area contributed by atoms with Crippen LogP contribution >= 0.6 is 0 Å². The molecule has 0 saturated carbocycles. The topological polar surface area (TPSA) is 51.9 Å². The van der Waals surface area contributed by atoms with Crippen molar-refractivity contribution < 1.29 is 9.47 Å². The zero-order valence-electron chi connectivity index (χ0n) is 16.0. The van der Waals surface area contributed by atoms with Gasteiger partial charge in [0.05, 0.1) is 19.9 Å². The van der Waals surface area contributed by atoms with E-state index in [4.69, 9.17) is 9.47 Å². The van der Waals surface area contributed by atoms with Gasteiger partial charge in [-0.05, 0) is 43.5 Å². The van der Waals surface area contributed by atoms with Gasteiger partial charge in [0.2, 0.25) is 0 Å². The first-order valence-corrected chi connectivity index (χ1v) is 9.62. The molecule has 1 aliphatic rings. The molecule has 0 aliphatic carbocycles. The lowest BCUT2D eigenvalue weighted by Gasteiger charge is -2.34. The number of rotatable bonds is 6. The zero-order valence-corrected chi connectivity index (χ0v) is 16.0. The number of aromatic nitrogens is 3. The van der Waals surface area contributed by atoms with Crippen molar-refractivity contribution >= 4 is 11.5 Å². The Kier molecular flexibility index (Phi) is 5.14. The van der Waals surface area contributed by atoms with E-state index in [2.05, 4.69) is 28.0 Å². The number of fused-ring (bicyclic) bond motifs is 1. The van der Waals surface area contributed by atoms with Crippen molar-refractivity contribution in [3.8, 4) is 11.5 Å². The summed E-state index contributed by atoms with van der Waals surface area (Å²) in [7, 11) is 1.67. The van der Waals surface area contributed by atoms with Crippen LogP contribution in [-0.4, -0.2) is 41.4 Å². The molecule has 0 unspecified atom stereocenters. The maximum absolute atomic E-state index is 6.03. The molecule has 1 aliphatic heterocycles. The first-order valence-electron chi connectivity index (χ1n) is 9.62. The van der Waals surface area contributed by atoms with Crippen molar-refractivity contribution in [3.05, 3.63) is 48.3 Å². The van der Waals surface area contributed by atoms with Gasteiger partial charge in [0.1, 0.15) is 17.3 Å². The average Bonchev–Trinajstić information content (AvgIpc) is 3.20. The number of benzene rings is 1. The molecule has 27 heavy (non-hydrogen) atoms. The Balaban J connectivity index is 1.45. The van der Waals surface area contributed by atoms with Gasteiger partial charge in [0, 0.05) is 36.8 Å². The summed E-state index contributed by atoms with van der Waals surface area (Å²) in [5.41, 5.74) is 2.02. The monoisotopic (exact) mass is 366 g/mol. The first-order chi connectivity index (χ1) is 13.3. The number of hydrogen-bond acceptors (Lipinski definition) is 5. The molecule has 3 heterocycles.